The molecule has 0 atom stereocenters. The molecular weight excluding hydrogens is 292 g/mol. The van der Waals surface area contributed by atoms with Crippen molar-refractivity contribution in [1.82, 2.24) is 4.57 Å². The zero-order chi connectivity index (χ0) is 15.9. The summed E-state index contributed by atoms with van der Waals surface area (Å²) in [7, 11) is 0. The van der Waals surface area contributed by atoms with E-state index in [1.165, 1.54) is 22.3 Å². The quantitative estimate of drug-likeness (QED) is 0.644. The molecule has 0 aliphatic carbocycles. The second-order valence-electron chi connectivity index (χ2n) is 5.81. The Morgan fingerprint density at radius 1 is 1.09 bits per heavy atom. The van der Waals surface area contributed by atoms with Gasteiger partial charge in [-0.1, -0.05) is 41.4 Å². The van der Waals surface area contributed by atoms with Crippen LogP contribution in [0.15, 0.2) is 36.4 Å². The van der Waals surface area contributed by atoms with Crippen LogP contribution in [0.25, 0.3) is 10.9 Å². The van der Waals surface area contributed by atoms with Crippen LogP contribution in [0.2, 0.25) is 5.15 Å². The van der Waals surface area contributed by atoms with E-state index in [2.05, 4.69) is 57.2 Å². The maximum absolute atomic E-state index is 9.45. The van der Waals surface area contributed by atoms with Gasteiger partial charge in [-0.25, -0.2) is 0 Å². The van der Waals surface area contributed by atoms with Crippen molar-refractivity contribution in [3.05, 3.63) is 69.4 Å². The van der Waals surface area contributed by atoms with E-state index in [4.69, 9.17) is 11.6 Å². The van der Waals surface area contributed by atoms with Gasteiger partial charge >= 0.3 is 0 Å². The monoisotopic (exact) mass is 308 g/mol. The Labute approximate surface area is 135 Å². The van der Waals surface area contributed by atoms with Crippen LogP contribution in [-0.4, -0.2) is 4.57 Å². The lowest BCUT2D eigenvalue weighted by atomic mass is 10.1. The largest absolute Gasteiger partial charge is 0.326 e. The van der Waals surface area contributed by atoms with Gasteiger partial charge in [0, 0.05) is 11.9 Å². The second-order valence-corrected chi connectivity index (χ2v) is 6.16. The first-order valence-corrected chi connectivity index (χ1v) is 7.63. The highest BCUT2D eigenvalue weighted by Crippen LogP contribution is 2.32. The molecule has 1 heterocycles. The molecule has 3 rings (SSSR count). The van der Waals surface area contributed by atoms with Crippen molar-refractivity contribution in [3.63, 3.8) is 0 Å². The van der Waals surface area contributed by atoms with Gasteiger partial charge in [-0.3, -0.25) is 0 Å². The normalized spacial score (nSPS) is 10.9. The minimum absolute atomic E-state index is 0.518. The van der Waals surface area contributed by atoms with Crippen LogP contribution in [0.1, 0.15) is 27.8 Å². The maximum atomic E-state index is 9.45. The minimum atomic E-state index is 0.518. The fourth-order valence-corrected chi connectivity index (χ4v) is 3.13. The average Bonchev–Trinajstić information content (AvgIpc) is 2.72. The zero-order valence-corrected chi connectivity index (χ0v) is 13.7. The molecule has 0 saturated heterocycles. The van der Waals surface area contributed by atoms with Crippen LogP contribution < -0.4 is 0 Å². The van der Waals surface area contributed by atoms with Gasteiger partial charge in [-0.05, 0) is 49.6 Å². The Morgan fingerprint density at radius 3 is 2.50 bits per heavy atom. The first-order chi connectivity index (χ1) is 10.5. The molecule has 0 aliphatic rings. The van der Waals surface area contributed by atoms with Crippen LogP contribution >= 0.6 is 11.6 Å². The molecular formula is C19H17ClN2. The smallest absolute Gasteiger partial charge is 0.128 e. The predicted octanol–water partition coefficient (Wildman–Crippen LogP) is 5.14. The van der Waals surface area contributed by atoms with Gasteiger partial charge in [-0.15, -0.1) is 0 Å². The van der Waals surface area contributed by atoms with Crippen LogP contribution in [0.4, 0.5) is 0 Å². The van der Waals surface area contributed by atoms with Crippen molar-refractivity contribution in [2.75, 3.05) is 0 Å². The highest BCUT2D eigenvalue weighted by molar-refractivity contribution is 6.32. The SMILES string of the molecule is Cc1cccc(Cn2c(Cl)c(C#N)c3cc(C)c(C)cc32)c1. The summed E-state index contributed by atoms with van der Waals surface area (Å²) in [6.07, 6.45) is 0. The number of halogens is 1. The van der Waals surface area contributed by atoms with Gasteiger partial charge in [0.1, 0.15) is 11.2 Å². The summed E-state index contributed by atoms with van der Waals surface area (Å²) in [5, 5.41) is 10.9. The number of hydrogen-bond donors (Lipinski definition) is 0. The number of aryl methyl sites for hydroxylation is 3. The van der Waals surface area contributed by atoms with Crippen molar-refractivity contribution in [1.29, 1.82) is 5.26 Å². The van der Waals surface area contributed by atoms with Gasteiger partial charge < -0.3 is 4.57 Å². The molecule has 0 aliphatic heterocycles. The predicted molar refractivity (Wildman–Crippen MR) is 91.4 cm³/mol. The van der Waals surface area contributed by atoms with E-state index in [1.807, 2.05) is 10.6 Å². The molecule has 3 heteroatoms. The van der Waals surface area contributed by atoms with Crippen LogP contribution in [0.5, 0.6) is 0 Å². The summed E-state index contributed by atoms with van der Waals surface area (Å²) in [6.45, 7) is 6.88. The van der Waals surface area contributed by atoms with Crippen molar-refractivity contribution < 1.29 is 0 Å². The van der Waals surface area contributed by atoms with E-state index in [-0.39, 0.29) is 0 Å². The van der Waals surface area contributed by atoms with Gasteiger partial charge in [-0.2, -0.15) is 5.26 Å². The van der Waals surface area contributed by atoms with E-state index < -0.39 is 0 Å². The lowest BCUT2D eigenvalue weighted by Crippen LogP contribution is -2.00. The van der Waals surface area contributed by atoms with Gasteiger partial charge in [0.05, 0.1) is 11.1 Å². The minimum Gasteiger partial charge on any atom is -0.326 e. The molecule has 0 spiro atoms. The van der Waals surface area contributed by atoms with Crippen molar-refractivity contribution in [3.8, 4) is 6.07 Å². The molecule has 2 aromatic carbocycles. The highest BCUT2D eigenvalue weighted by Gasteiger charge is 2.16. The summed E-state index contributed by atoms with van der Waals surface area (Å²) in [5.41, 5.74) is 6.36. The highest BCUT2D eigenvalue weighted by atomic mass is 35.5. The lowest BCUT2D eigenvalue weighted by Gasteiger charge is -2.09. The van der Waals surface area contributed by atoms with Crippen LogP contribution in [-0.2, 0) is 6.54 Å². The van der Waals surface area contributed by atoms with E-state index >= 15 is 0 Å². The first kappa shape index (κ1) is 14.7. The van der Waals surface area contributed by atoms with Crippen molar-refractivity contribution in [2.45, 2.75) is 27.3 Å². The van der Waals surface area contributed by atoms with E-state index in [1.54, 1.807) is 0 Å². The molecule has 0 saturated carbocycles. The van der Waals surface area contributed by atoms with Gasteiger partial charge in [0.15, 0.2) is 0 Å². The maximum Gasteiger partial charge on any atom is 0.128 e. The lowest BCUT2D eigenvalue weighted by molar-refractivity contribution is 0.835. The zero-order valence-electron chi connectivity index (χ0n) is 12.9. The van der Waals surface area contributed by atoms with E-state index in [9.17, 15) is 5.26 Å². The Hall–Kier alpha value is -2.24. The second kappa shape index (κ2) is 5.51. The summed E-state index contributed by atoms with van der Waals surface area (Å²) in [5.74, 6) is 0. The molecule has 22 heavy (non-hydrogen) atoms. The van der Waals surface area contributed by atoms with Gasteiger partial charge in [0.25, 0.3) is 0 Å². The Kier molecular flexibility index (Phi) is 3.68. The number of fused-ring (bicyclic) bond motifs is 1. The van der Waals surface area contributed by atoms with Crippen molar-refractivity contribution >= 4 is 22.5 Å². The van der Waals surface area contributed by atoms with Gasteiger partial charge in [0.2, 0.25) is 0 Å². The Morgan fingerprint density at radius 2 is 1.82 bits per heavy atom. The molecule has 110 valence electrons. The molecule has 0 N–H and O–H groups in total. The van der Waals surface area contributed by atoms with E-state index in [0.717, 1.165) is 10.9 Å². The molecule has 3 aromatic rings. The van der Waals surface area contributed by atoms with Crippen LogP contribution in [0, 0.1) is 32.1 Å². The summed E-state index contributed by atoms with van der Waals surface area (Å²) in [6, 6.07) is 14.8. The fourth-order valence-electron chi connectivity index (χ4n) is 2.83. The summed E-state index contributed by atoms with van der Waals surface area (Å²) in [4.78, 5) is 0. The number of benzene rings is 2. The third-order valence-corrected chi connectivity index (χ3v) is 4.54. The first-order valence-electron chi connectivity index (χ1n) is 7.26. The number of nitriles is 1. The Balaban J connectivity index is 2.23. The number of nitrogens with zero attached hydrogens (tertiary/aromatic N) is 2. The molecule has 0 amide bonds. The molecule has 0 fully saturated rings. The number of aromatic nitrogens is 1. The molecule has 0 unspecified atom stereocenters. The fraction of sp³-hybridized carbons (Fsp3) is 0.211. The molecule has 0 radical (unpaired) electrons. The van der Waals surface area contributed by atoms with E-state index in [0.29, 0.717) is 17.3 Å². The third kappa shape index (κ3) is 2.38. The van der Waals surface area contributed by atoms with Crippen LogP contribution in [0.3, 0.4) is 0 Å². The molecule has 1 aromatic heterocycles. The topological polar surface area (TPSA) is 28.7 Å². The standard InChI is InChI=1S/C19H17ClN2/c1-12-5-4-6-15(7-12)11-22-18-9-14(3)13(2)8-16(18)17(10-21)19(22)20/h4-9H,11H2,1-3H3. The average molecular weight is 309 g/mol. The summed E-state index contributed by atoms with van der Waals surface area (Å²) < 4.78 is 2.02. The Bertz CT molecular complexity index is 913. The molecule has 0 bridgehead atoms. The van der Waals surface area contributed by atoms with Crippen molar-refractivity contribution in [2.24, 2.45) is 0 Å². The molecule has 2 nitrogen and oxygen atoms in total. The number of rotatable bonds is 2. The number of hydrogen-bond acceptors (Lipinski definition) is 1. The third-order valence-electron chi connectivity index (χ3n) is 4.15. The summed E-state index contributed by atoms with van der Waals surface area (Å²) >= 11 is 6.49.